The lowest BCUT2D eigenvalue weighted by atomic mass is 10.0. The highest BCUT2D eigenvalue weighted by Crippen LogP contribution is 2.27. The van der Waals surface area contributed by atoms with E-state index in [4.69, 9.17) is 5.73 Å². The third kappa shape index (κ3) is 3.68. The average molecular weight is 337 g/mol. The van der Waals surface area contributed by atoms with E-state index in [1.54, 1.807) is 34.3 Å². The van der Waals surface area contributed by atoms with Gasteiger partial charge in [0.15, 0.2) is 0 Å². The quantitative estimate of drug-likeness (QED) is 0.856. The van der Waals surface area contributed by atoms with Crippen LogP contribution in [-0.2, 0) is 10.0 Å². The minimum Gasteiger partial charge on any atom is -0.328 e. The molecular formula is C13H21ClN2O2S2. The van der Waals surface area contributed by atoms with E-state index in [0.29, 0.717) is 18.0 Å². The molecule has 1 aliphatic rings. The molecule has 2 rings (SSSR count). The van der Waals surface area contributed by atoms with Crippen molar-refractivity contribution in [3.8, 4) is 0 Å². The molecule has 0 aromatic heterocycles. The van der Waals surface area contributed by atoms with Crippen LogP contribution >= 0.6 is 24.2 Å². The molecule has 1 fully saturated rings. The number of thioether (sulfide) groups is 1. The summed E-state index contributed by atoms with van der Waals surface area (Å²) in [6.45, 7) is 3.04. The van der Waals surface area contributed by atoms with Crippen LogP contribution < -0.4 is 5.73 Å². The van der Waals surface area contributed by atoms with Crippen LogP contribution in [0.25, 0.3) is 0 Å². The molecule has 7 heteroatoms. The number of benzene rings is 1. The first-order valence-electron chi connectivity index (χ1n) is 6.35. The molecule has 0 spiro atoms. The Morgan fingerprint density at radius 2 is 2.15 bits per heavy atom. The molecule has 0 saturated carbocycles. The van der Waals surface area contributed by atoms with Crippen LogP contribution in [0.5, 0.6) is 0 Å². The van der Waals surface area contributed by atoms with E-state index in [0.717, 1.165) is 11.3 Å². The number of nitrogens with two attached hydrogens (primary N) is 1. The maximum Gasteiger partial charge on any atom is 0.243 e. The van der Waals surface area contributed by atoms with Crippen LogP contribution in [0.4, 0.5) is 0 Å². The van der Waals surface area contributed by atoms with E-state index >= 15 is 0 Å². The van der Waals surface area contributed by atoms with Gasteiger partial charge >= 0.3 is 0 Å². The summed E-state index contributed by atoms with van der Waals surface area (Å²) in [7, 11) is -3.37. The summed E-state index contributed by atoms with van der Waals surface area (Å²) < 4.78 is 26.6. The van der Waals surface area contributed by atoms with Gasteiger partial charge in [-0.25, -0.2) is 8.42 Å². The zero-order valence-corrected chi connectivity index (χ0v) is 14.1. The normalized spacial score (nSPS) is 21.4. The molecule has 1 saturated heterocycles. The van der Waals surface area contributed by atoms with Gasteiger partial charge in [-0.3, -0.25) is 0 Å². The molecule has 1 aliphatic heterocycles. The molecule has 1 aromatic rings. The van der Waals surface area contributed by atoms with E-state index in [2.05, 4.69) is 0 Å². The molecule has 2 N–H and O–H groups in total. The SMILES string of the molecule is CSc1cccc(S(=O)(=O)N2CCC(C(C)N)C2)c1.Cl. The molecule has 0 radical (unpaired) electrons. The van der Waals surface area contributed by atoms with E-state index in [-0.39, 0.29) is 24.4 Å². The minimum atomic E-state index is -3.37. The molecule has 0 bridgehead atoms. The van der Waals surface area contributed by atoms with Crippen molar-refractivity contribution in [1.29, 1.82) is 0 Å². The van der Waals surface area contributed by atoms with Crippen LogP contribution in [0.2, 0.25) is 0 Å². The van der Waals surface area contributed by atoms with Crippen LogP contribution in [0.1, 0.15) is 13.3 Å². The minimum absolute atomic E-state index is 0. The zero-order chi connectivity index (χ0) is 14.0. The van der Waals surface area contributed by atoms with Crippen molar-refractivity contribution >= 4 is 34.2 Å². The number of halogens is 1. The van der Waals surface area contributed by atoms with Gasteiger partial charge in [-0.2, -0.15) is 4.31 Å². The highest BCUT2D eigenvalue weighted by Gasteiger charge is 2.33. The van der Waals surface area contributed by atoms with Crippen molar-refractivity contribution < 1.29 is 8.42 Å². The summed E-state index contributed by atoms with van der Waals surface area (Å²) in [6, 6.07) is 7.14. The average Bonchev–Trinajstić information content (AvgIpc) is 2.89. The molecule has 2 atom stereocenters. The Morgan fingerprint density at radius 3 is 2.70 bits per heavy atom. The van der Waals surface area contributed by atoms with Gasteiger partial charge in [-0.1, -0.05) is 6.07 Å². The van der Waals surface area contributed by atoms with Crippen LogP contribution in [0, 0.1) is 5.92 Å². The highest BCUT2D eigenvalue weighted by molar-refractivity contribution is 7.98. The van der Waals surface area contributed by atoms with Gasteiger partial charge in [0.1, 0.15) is 0 Å². The number of sulfonamides is 1. The van der Waals surface area contributed by atoms with E-state index in [9.17, 15) is 8.42 Å². The summed E-state index contributed by atoms with van der Waals surface area (Å²) in [4.78, 5) is 1.34. The van der Waals surface area contributed by atoms with Gasteiger partial charge in [-0.05, 0) is 43.7 Å². The van der Waals surface area contributed by atoms with E-state index in [1.807, 2.05) is 19.2 Å². The molecule has 4 nitrogen and oxygen atoms in total. The third-order valence-corrected chi connectivity index (χ3v) is 6.20. The van der Waals surface area contributed by atoms with Gasteiger partial charge in [0, 0.05) is 24.0 Å². The fourth-order valence-electron chi connectivity index (χ4n) is 2.31. The molecule has 114 valence electrons. The Bertz CT molecular complexity index is 549. The molecule has 2 unspecified atom stereocenters. The fraction of sp³-hybridized carbons (Fsp3) is 0.538. The lowest BCUT2D eigenvalue weighted by Crippen LogP contribution is -2.33. The predicted octanol–water partition coefficient (Wildman–Crippen LogP) is 2.19. The lowest BCUT2D eigenvalue weighted by Gasteiger charge is -2.18. The summed E-state index contributed by atoms with van der Waals surface area (Å²) in [6.07, 6.45) is 2.78. The molecule has 20 heavy (non-hydrogen) atoms. The summed E-state index contributed by atoms with van der Waals surface area (Å²) in [5, 5.41) is 0. The van der Waals surface area contributed by atoms with Crippen molar-refractivity contribution in [3.05, 3.63) is 24.3 Å². The van der Waals surface area contributed by atoms with Crippen molar-refractivity contribution in [2.75, 3.05) is 19.3 Å². The maximum atomic E-state index is 12.5. The monoisotopic (exact) mass is 336 g/mol. The largest absolute Gasteiger partial charge is 0.328 e. The van der Waals surface area contributed by atoms with Gasteiger partial charge in [-0.15, -0.1) is 24.2 Å². The van der Waals surface area contributed by atoms with Gasteiger partial charge in [0.25, 0.3) is 0 Å². The summed E-state index contributed by atoms with van der Waals surface area (Å²) >= 11 is 1.54. The number of nitrogens with zero attached hydrogens (tertiary/aromatic N) is 1. The van der Waals surface area contributed by atoms with Crippen LogP contribution in [0.3, 0.4) is 0 Å². The van der Waals surface area contributed by atoms with Gasteiger partial charge in [0.2, 0.25) is 10.0 Å². The third-order valence-electron chi connectivity index (χ3n) is 3.61. The standard InChI is InChI=1S/C13H20N2O2S2.ClH/c1-10(14)11-6-7-15(9-11)19(16,17)13-5-3-4-12(8-13)18-2;/h3-5,8,10-11H,6-7,9,14H2,1-2H3;1H. The summed E-state index contributed by atoms with van der Waals surface area (Å²) in [5.74, 6) is 0.263. The van der Waals surface area contributed by atoms with Crippen molar-refractivity contribution in [2.45, 2.75) is 29.2 Å². The van der Waals surface area contributed by atoms with E-state index in [1.165, 1.54) is 0 Å². The first kappa shape index (κ1) is 17.8. The molecule has 0 aliphatic carbocycles. The second-order valence-electron chi connectivity index (χ2n) is 4.95. The first-order valence-corrected chi connectivity index (χ1v) is 9.01. The van der Waals surface area contributed by atoms with Crippen LogP contribution in [0.15, 0.2) is 34.1 Å². The Morgan fingerprint density at radius 1 is 1.45 bits per heavy atom. The molecular weight excluding hydrogens is 316 g/mol. The zero-order valence-electron chi connectivity index (χ0n) is 11.7. The van der Waals surface area contributed by atoms with Crippen molar-refractivity contribution in [1.82, 2.24) is 4.31 Å². The first-order chi connectivity index (χ1) is 8.95. The van der Waals surface area contributed by atoms with Crippen LogP contribution in [-0.4, -0.2) is 38.1 Å². The van der Waals surface area contributed by atoms with Gasteiger partial charge < -0.3 is 5.73 Å². The Hall–Kier alpha value is -0.270. The number of rotatable bonds is 4. The number of hydrogen-bond acceptors (Lipinski definition) is 4. The summed E-state index contributed by atoms with van der Waals surface area (Å²) in [5.41, 5.74) is 5.86. The van der Waals surface area contributed by atoms with Crippen molar-refractivity contribution in [3.63, 3.8) is 0 Å². The molecule has 1 heterocycles. The Labute approximate surface area is 131 Å². The Balaban J connectivity index is 0.00000200. The fourth-order valence-corrected chi connectivity index (χ4v) is 4.40. The Kier molecular flexibility index (Phi) is 6.34. The topological polar surface area (TPSA) is 63.4 Å². The lowest BCUT2D eigenvalue weighted by molar-refractivity contribution is 0.429. The van der Waals surface area contributed by atoms with Crippen molar-refractivity contribution in [2.24, 2.45) is 11.7 Å². The second-order valence-corrected chi connectivity index (χ2v) is 7.77. The van der Waals surface area contributed by atoms with Gasteiger partial charge in [0.05, 0.1) is 4.90 Å². The smallest absolute Gasteiger partial charge is 0.243 e. The highest BCUT2D eigenvalue weighted by atomic mass is 35.5. The second kappa shape index (κ2) is 7.13. The molecule has 0 amide bonds. The predicted molar refractivity (Wildman–Crippen MR) is 86.0 cm³/mol. The number of hydrogen-bond donors (Lipinski definition) is 1. The maximum absolute atomic E-state index is 12.5. The molecule has 1 aromatic carbocycles. The van der Waals surface area contributed by atoms with E-state index < -0.39 is 10.0 Å².